The molecule has 0 spiro atoms. The number of rotatable bonds is 5. The second-order valence-corrected chi connectivity index (χ2v) is 5.34. The molecule has 1 aromatic rings. The number of benzene rings is 1. The zero-order chi connectivity index (χ0) is 12.8. The number of nitrogens with zero attached hydrogens (tertiary/aromatic N) is 2. The van der Waals surface area contributed by atoms with Crippen LogP contribution in [0.5, 0.6) is 0 Å². The van der Waals surface area contributed by atoms with Crippen LogP contribution in [0.1, 0.15) is 25.8 Å². The van der Waals surface area contributed by atoms with Gasteiger partial charge in [-0.15, -0.1) is 0 Å². The van der Waals surface area contributed by atoms with E-state index < -0.39 is 0 Å². The Morgan fingerprint density at radius 2 is 1.72 bits per heavy atom. The first-order valence-corrected chi connectivity index (χ1v) is 7.30. The summed E-state index contributed by atoms with van der Waals surface area (Å²) in [7, 11) is 0. The van der Waals surface area contributed by atoms with Gasteiger partial charge in [0.05, 0.1) is 0 Å². The van der Waals surface area contributed by atoms with Crippen molar-refractivity contribution >= 4 is 0 Å². The maximum Gasteiger partial charge on any atom is 0.0113 e. The molecule has 2 nitrogen and oxygen atoms in total. The van der Waals surface area contributed by atoms with E-state index in [0.29, 0.717) is 6.04 Å². The summed E-state index contributed by atoms with van der Waals surface area (Å²) in [6.07, 6.45) is 2.48. The van der Waals surface area contributed by atoms with E-state index in [4.69, 9.17) is 0 Å². The van der Waals surface area contributed by atoms with Crippen molar-refractivity contribution in [2.75, 3.05) is 32.7 Å². The third kappa shape index (κ3) is 3.82. The highest BCUT2D eigenvalue weighted by atomic mass is 15.3. The summed E-state index contributed by atoms with van der Waals surface area (Å²) < 4.78 is 0. The molecule has 0 aromatic heterocycles. The van der Waals surface area contributed by atoms with Gasteiger partial charge in [-0.1, -0.05) is 37.3 Å². The van der Waals surface area contributed by atoms with Gasteiger partial charge >= 0.3 is 0 Å². The lowest BCUT2D eigenvalue weighted by Crippen LogP contribution is -2.49. The number of hydrogen-bond acceptors (Lipinski definition) is 2. The van der Waals surface area contributed by atoms with Crippen molar-refractivity contribution in [3.8, 4) is 0 Å². The number of aryl methyl sites for hydroxylation is 1. The second-order valence-electron chi connectivity index (χ2n) is 5.34. The van der Waals surface area contributed by atoms with Gasteiger partial charge in [0.15, 0.2) is 0 Å². The van der Waals surface area contributed by atoms with Crippen LogP contribution < -0.4 is 0 Å². The molecule has 100 valence electrons. The summed E-state index contributed by atoms with van der Waals surface area (Å²) in [5.74, 6) is 0. The standard InChI is InChI=1S/C16H26N2/c1-3-17-11-13-18(14-12-17)15(2)9-10-16-7-5-4-6-8-16/h4-8,15H,3,9-14H2,1-2H3/t15-/m0/s1. The van der Waals surface area contributed by atoms with Gasteiger partial charge in [0.1, 0.15) is 0 Å². The van der Waals surface area contributed by atoms with Gasteiger partial charge in [-0.05, 0) is 31.9 Å². The molecule has 1 atom stereocenters. The SMILES string of the molecule is CCN1CCN([C@@H](C)CCc2ccccc2)CC1. The first-order valence-electron chi connectivity index (χ1n) is 7.30. The molecule has 1 heterocycles. The van der Waals surface area contributed by atoms with Crippen LogP contribution in [0.15, 0.2) is 30.3 Å². The lowest BCUT2D eigenvalue weighted by molar-refractivity contribution is 0.102. The van der Waals surface area contributed by atoms with Crippen molar-refractivity contribution < 1.29 is 0 Å². The summed E-state index contributed by atoms with van der Waals surface area (Å²) in [5.41, 5.74) is 1.47. The van der Waals surface area contributed by atoms with Gasteiger partial charge in [-0.3, -0.25) is 4.90 Å². The molecule has 1 aliphatic heterocycles. The molecule has 0 bridgehead atoms. The normalized spacial score (nSPS) is 19.9. The molecule has 1 fully saturated rings. The first kappa shape index (κ1) is 13.6. The van der Waals surface area contributed by atoms with Crippen molar-refractivity contribution in [2.45, 2.75) is 32.7 Å². The van der Waals surface area contributed by atoms with Crippen molar-refractivity contribution in [3.05, 3.63) is 35.9 Å². The van der Waals surface area contributed by atoms with Crippen molar-refractivity contribution in [1.29, 1.82) is 0 Å². The zero-order valence-electron chi connectivity index (χ0n) is 11.8. The Labute approximate surface area is 112 Å². The Morgan fingerprint density at radius 1 is 1.06 bits per heavy atom. The molecule has 0 amide bonds. The smallest absolute Gasteiger partial charge is 0.0113 e. The average molecular weight is 246 g/mol. The predicted octanol–water partition coefficient (Wildman–Crippen LogP) is 2.65. The number of hydrogen-bond donors (Lipinski definition) is 0. The van der Waals surface area contributed by atoms with Gasteiger partial charge in [0, 0.05) is 32.2 Å². The van der Waals surface area contributed by atoms with Crippen LogP contribution in [-0.2, 0) is 6.42 Å². The van der Waals surface area contributed by atoms with E-state index in [2.05, 4.69) is 54.0 Å². The van der Waals surface area contributed by atoms with E-state index in [1.807, 2.05) is 0 Å². The van der Waals surface area contributed by atoms with E-state index in [-0.39, 0.29) is 0 Å². The van der Waals surface area contributed by atoms with E-state index in [1.165, 1.54) is 51.1 Å². The maximum absolute atomic E-state index is 2.65. The van der Waals surface area contributed by atoms with Gasteiger partial charge in [0.25, 0.3) is 0 Å². The van der Waals surface area contributed by atoms with Crippen LogP contribution >= 0.6 is 0 Å². The molecule has 1 aromatic carbocycles. The van der Waals surface area contributed by atoms with Crippen LogP contribution in [0.3, 0.4) is 0 Å². The zero-order valence-corrected chi connectivity index (χ0v) is 11.8. The topological polar surface area (TPSA) is 6.48 Å². The van der Waals surface area contributed by atoms with E-state index in [1.54, 1.807) is 0 Å². The fourth-order valence-corrected chi connectivity index (χ4v) is 2.72. The maximum atomic E-state index is 2.65. The molecule has 0 N–H and O–H groups in total. The van der Waals surface area contributed by atoms with Crippen molar-refractivity contribution in [3.63, 3.8) is 0 Å². The minimum Gasteiger partial charge on any atom is -0.301 e. The number of piperazine rings is 1. The quantitative estimate of drug-likeness (QED) is 0.788. The molecular weight excluding hydrogens is 220 g/mol. The molecule has 0 aliphatic carbocycles. The van der Waals surface area contributed by atoms with E-state index >= 15 is 0 Å². The van der Waals surface area contributed by atoms with Crippen LogP contribution in [0.2, 0.25) is 0 Å². The van der Waals surface area contributed by atoms with Gasteiger partial charge in [0.2, 0.25) is 0 Å². The summed E-state index contributed by atoms with van der Waals surface area (Å²) in [4.78, 5) is 5.19. The Balaban J connectivity index is 1.73. The Kier molecular flexibility index (Phi) is 5.21. The van der Waals surface area contributed by atoms with E-state index in [0.717, 1.165) is 0 Å². The van der Waals surface area contributed by atoms with Crippen LogP contribution in [-0.4, -0.2) is 48.6 Å². The molecule has 18 heavy (non-hydrogen) atoms. The summed E-state index contributed by atoms with van der Waals surface area (Å²) >= 11 is 0. The lowest BCUT2D eigenvalue weighted by Gasteiger charge is -2.37. The predicted molar refractivity (Wildman–Crippen MR) is 77.9 cm³/mol. The summed E-state index contributed by atoms with van der Waals surface area (Å²) in [6.45, 7) is 10.8. The minimum atomic E-state index is 0.712. The molecular formula is C16H26N2. The Bertz CT molecular complexity index is 328. The molecule has 0 radical (unpaired) electrons. The number of likely N-dealkylation sites (N-methyl/N-ethyl adjacent to an activating group) is 1. The molecule has 0 unspecified atom stereocenters. The monoisotopic (exact) mass is 246 g/mol. The third-order valence-corrected chi connectivity index (χ3v) is 4.17. The summed E-state index contributed by atoms with van der Waals surface area (Å²) in [5, 5.41) is 0. The highest BCUT2D eigenvalue weighted by Crippen LogP contribution is 2.12. The molecule has 2 heteroatoms. The Hall–Kier alpha value is -0.860. The molecule has 0 saturated carbocycles. The highest BCUT2D eigenvalue weighted by Gasteiger charge is 2.19. The van der Waals surface area contributed by atoms with Crippen LogP contribution in [0.25, 0.3) is 0 Å². The van der Waals surface area contributed by atoms with Gasteiger partial charge in [-0.2, -0.15) is 0 Å². The van der Waals surface area contributed by atoms with Gasteiger partial charge in [-0.25, -0.2) is 0 Å². The minimum absolute atomic E-state index is 0.712. The molecule has 1 aliphatic rings. The van der Waals surface area contributed by atoms with Gasteiger partial charge < -0.3 is 4.90 Å². The van der Waals surface area contributed by atoms with E-state index in [9.17, 15) is 0 Å². The van der Waals surface area contributed by atoms with Crippen LogP contribution in [0.4, 0.5) is 0 Å². The molecule has 1 saturated heterocycles. The summed E-state index contributed by atoms with van der Waals surface area (Å²) in [6, 6.07) is 11.6. The van der Waals surface area contributed by atoms with Crippen molar-refractivity contribution in [1.82, 2.24) is 9.80 Å². The first-order chi connectivity index (χ1) is 8.79. The fraction of sp³-hybridized carbons (Fsp3) is 0.625. The fourth-order valence-electron chi connectivity index (χ4n) is 2.72. The average Bonchev–Trinajstić information content (AvgIpc) is 2.46. The lowest BCUT2D eigenvalue weighted by atomic mass is 10.0. The largest absolute Gasteiger partial charge is 0.301 e. The highest BCUT2D eigenvalue weighted by molar-refractivity contribution is 5.14. The third-order valence-electron chi connectivity index (χ3n) is 4.17. The van der Waals surface area contributed by atoms with Crippen LogP contribution in [0, 0.1) is 0 Å². The Morgan fingerprint density at radius 3 is 2.33 bits per heavy atom. The van der Waals surface area contributed by atoms with Crippen molar-refractivity contribution in [2.24, 2.45) is 0 Å². The molecule has 2 rings (SSSR count). The second kappa shape index (κ2) is 6.91.